The second-order valence-corrected chi connectivity index (χ2v) is 5.26. The van der Waals surface area contributed by atoms with E-state index in [0.29, 0.717) is 27.5 Å². The van der Waals surface area contributed by atoms with Crippen LogP contribution in [0.25, 0.3) is 22.5 Å². The summed E-state index contributed by atoms with van der Waals surface area (Å²) in [5, 5.41) is 4.74. The standard InChI is InChI=1S/C15H9ClN4O3/c16-9-3-4-11-10(6-9)15(21)20(8-17-11)7-13-18-14(19-23-13)12-2-1-5-22-12/h1-6,8H,7H2. The van der Waals surface area contributed by atoms with E-state index in [-0.39, 0.29) is 18.0 Å². The Labute approximate surface area is 134 Å². The lowest BCUT2D eigenvalue weighted by Gasteiger charge is -2.03. The van der Waals surface area contributed by atoms with Crippen LogP contribution in [-0.2, 0) is 6.54 Å². The van der Waals surface area contributed by atoms with Gasteiger partial charge in [0.1, 0.15) is 6.54 Å². The Bertz CT molecular complexity index is 1040. The van der Waals surface area contributed by atoms with E-state index in [1.165, 1.54) is 17.2 Å². The first kappa shape index (κ1) is 13.7. The maximum absolute atomic E-state index is 12.5. The molecule has 0 atom stereocenters. The van der Waals surface area contributed by atoms with Gasteiger partial charge in [-0.15, -0.1) is 0 Å². The van der Waals surface area contributed by atoms with Crippen LogP contribution in [0, 0.1) is 0 Å². The summed E-state index contributed by atoms with van der Waals surface area (Å²) in [6.07, 6.45) is 2.96. The van der Waals surface area contributed by atoms with Crippen LogP contribution in [0.2, 0.25) is 5.02 Å². The van der Waals surface area contributed by atoms with Gasteiger partial charge in [0.2, 0.25) is 11.7 Å². The number of furan rings is 1. The predicted octanol–water partition coefficient (Wildman–Crippen LogP) is 2.74. The highest BCUT2D eigenvalue weighted by Gasteiger charge is 2.13. The second kappa shape index (κ2) is 5.36. The van der Waals surface area contributed by atoms with Crippen LogP contribution >= 0.6 is 11.6 Å². The van der Waals surface area contributed by atoms with Crippen molar-refractivity contribution < 1.29 is 8.94 Å². The molecule has 0 N–H and O–H groups in total. The Kier molecular flexibility index (Phi) is 3.20. The fourth-order valence-corrected chi connectivity index (χ4v) is 2.39. The third kappa shape index (κ3) is 2.51. The topological polar surface area (TPSA) is 87.0 Å². The SMILES string of the molecule is O=c1c2cc(Cl)ccc2ncn1Cc1nc(-c2ccco2)no1. The minimum absolute atomic E-state index is 0.113. The Morgan fingerprint density at radius 2 is 2.17 bits per heavy atom. The molecule has 0 amide bonds. The van der Waals surface area contributed by atoms with Crippen molar-refractivity contribution in [3.8, 4) is 11.6 Å². The fourth-order valence-electron chi connectivity index (χ4n) is 2.21. The largest absolute Gasteiger partial charge is 0.461 e. The van der Waals surface area contributed by atoms with Gasteiger partial charge in [-0.3, -0.25) is 9.36 Å². The van der Waals surface area contributed by atoms with Crippen molar-refractivity contribution >= 4 is 22.5 Å². The Morgan fingerprint density at radius 1 is 1.26 bits per heavy atom. The molecular weight excluding hydrogens is 320 g/mol. The van der Waals surface area contributed by atoms with E-state index in [0.717, 1.165) is 0 Å². The molecule has 114 valence electrons. The lowest BCUT2D eigenvalue weighted by Crippen LogP contribution is -2.21. The first-order valence-electron chi connectivity index (χ1n) is 6.72. The van der Waals surface area contributed by atoms with Crippen molar-refractivity contribution in [1.29, 1.82) is 0 Å². The van der Waals surface area contributed by atoms with Gasteiger partial charge in [0.25, 0.3) is 5.56 Å². The number of halogens is 1. The molecule has 8 heteroatoms. The zero-order chi connectivity index (χ0) is 15.8. The highest BCUT2D eigenvalue weighted by Crippen LogP contribution is 2.17. The minimum atomic E-state index is -0.227. The Hall–Kier alpha value is -2.93. The molecule has 0 aliphatic rings. The summed E-state index contributed by atoms with van der Waals surface area (Å²) in [5.41, 5.74) is 0.354. The van der Waals surface area contributed by atoms with E-state index in [1.807, 2.05) is 0 Å². The summed E-state index contributed by atoms with van der Waals surface area (Å²) in [6.45, 7) is 0.113. The number of hydrogen-bond acceptors (Lipinski definition) is 6. The van der Waals surface area contributed by atoms with Crippen molar-refractivity contribution in [3.63, 3.8) is 0 Å². The van der Waals surface area contributed by atoms with Crippen molar-refractivity contribution in [1.82, 2.24) is 19.7 Å². The maximum atomic E-state index is 12.5. The molecule has 3 heterocycles. The first-order chi connectivity index (χ1) is 11.2. The van der Waals surface area contributed by atoms with Crippen molar-refractivity contribution in [2.75, 3.05) is 0 Å². The molecule has 3 aromatic heterocycles. The Balaban J connectivity index is 1.70. The zero-order valence-corrected chi connectivity index (χ0v) is 12.4. The van der Waals surface area contributed by atoms with E-state index < -0.39 is 0 Å². The molecule has 0 saturated carbocycles. The van der Waals surface area contributed by atoms with Crippen LogP contribution in [-0.4, -0.2) is 19.7 Å². The molecule has 0 unspecified atom stereocenters. The fraction of sp³-hybridized carbons (Fsp3) is 0.0667. The molecule has 23 heavy (non-hydrogen) atoms. The molecule has 0 saturated heterocycles. The second-order valence-electron chi connectivity index (χ2n) is 4.83. The first-order valence-corrected chi connectivity index (χ1v) is 7.10. The Morgan fingerprint density at radius 3 is 3.00 bits per heavy atom. The predicted molar refractivity (Wildman–Crippen MR) is 82.1 cm³/mol. The number of rotatable bonds is 3. The van der Waals surface area contributed by atoms with Crippen LogP contribution in [0.15, 0.2) is 56.7 Å². The van der Waals surface area contributed by atoms with Crippen LogP contribution < -0.4 is 5.56 Å². The molecule has 0 bridgehead atoms. The van der Waals surface area contributed by atoms with Crippen molar-refractivity contribution in [2.45, 2.75) is 6.54 Å². The lowest BCUT2D eigenvalue weighted by atomic mass is 10.2. The van der Waals surface area contributed by atoms with Gasteiger partial charge < -0.3 is 8.94 Å². The van der Waals surface area contributed by atoms with E-state index in [2.05, 4.69) is 15.1 Å². The molecule has 4 aromatic rings. The quantitative estimate of drug-likeness (QED) is 0.574. The average molecular weight is 329 g/mol. The summed E-state index contributed by atoms with van der Waals surface area (Å²) < 4.78 is 11.7. The zero-order valence-electron chi connectivity index (χ0n) is 11.6. The lowest BCUT2D eigenvalue weighted by molar-refractivity contribution is 0.368. The van der Waals surface area contributed by atoms with Gasteiger partial charge in [0.15, 0.2) is 5.76 Å². The van der Waals surface area contributed by atoms with E-state index in [9.17, 15) is 4.79 Å². The van der Waals surface area contributed by atoms with Crippen LogP contribution in [0.4, 0.5) is 0 Å². The molecule has 0 aliphatic carbocycles. The van der Waals surface area contributed by atoms with Gasteiger partial charge in [0.05, 0.1) is 23.5 Å². The number of hydrogen-bond donors (Lipinski definition) is 0. The molecule has 4 rings (SSSR count). The number of fused-ring (bicyclic) bond motifs is 1. The number of nitrogens with zero attached hydrogens (tertiary/aromatic N) is 4. The van der Waals surface area contributed by atoms with Crippen LogP contribution in [0.3, 0.4) is 0 Å². The smallest absolute Gasteiger partial charge is 0.261 e. The highest BCUT2D eigenvalue weighted by molar-refractivity contribution is 6.31. The summed E-state index contributed by atoms with van der Waals surface area (Å²) in [6, 6.07) is 8.43. The molecule has 0 aliphatic heterocycles. The number of aromatic nitrogens is 4. The normalized spacial score (nSPS) is 11.2. The van der Waals surface area contributed by atoms with Crippen molar-refractivity contribution in [2.24, 2.45) is 0 Å². The molecule has 0 spiro atoms. The third-order valence-corrected chi connectivity index (χ3v) is 3.54. The molecular formula is C15H9ClN4O3. The van der Waals surface area contributed by atoms with E-state index >= 15 is 0 Å². The van der Waals surface area contributed by atoms with Gasteiger partial charge in [-0.1, -0.05) is 16.8 Å². The molecule has 0 fully saturated rings. The molecule has 0 radical (unpaired) electrons. The molecule has 7 nitrogen and oxygen atoms in total. The summed E-state index contributed by atoms with van der Waals surface area (Å²) in [4.78, 5) is 20.9. The minimum Gasteiger partial charge on any atom is -0.461 e. The highest BCUT2D eigenvalue weighted by atomic mass is 35.5. The summed E-state index contributed by atoms with van der Waals surface area (Å²) >= 11 is 5.94. The summed E-state index contributed by atoms with van der Waals surface area (Å²) in [7, 11) is 0. The third-order valence-electron chi connectivity index (χ3n) is 3.30. The summed E-state index contributed by atoms with van der Waals surface area (Å²) in [5.74, 6) is 1.10. The number of benzene rings is 1. The van der Waals surface area contributed by atoms with Gasteiger partial charge in [0, 0.05) is 5.02 Å². The molecule has 1 aromatic carbocycles. The van der Waals surface area contributed by atoms with Crippen molar-refractivity contribution in [3.05, 3.63) is 64.2 Å². The maximum Gasteiger partial charge on any atom is 0.261 e. The average Bonchev–Trinajstić information content (AvgIpc) is 3.22. The van der Waals surface area contributed by atoms with Gasteiger partial charge >= 0.3 is 0 Å². The van der Waals surface area contributed by atoms with Gasteiger partial charge in [-0.05, 0) is 30.3 Å². The van der Waals surface area contributed by atoms with Crippen LogP contribution in [0.1, 0.15) is 5.89 Å². The van der Waals surface area contributed by atoms with E-state index in [1.54, 1.807) is 30.3 Å². The van der Waals surface area contributed by atoms with Gasteiger partial charge in [-0.2, -0.15) is 4.98 Å². The van der Waals surface area contributed by atoms with E-state index in [4.69, 9.17) is 20.5 Å². The monoisotopic (exact) mass is 328 g/mol. The van der Waals surface area contributed by atoms with Crippen LogP contribution in [0.5, 0.6) is 0 Å². The van der Waals surface area contributed by atoms with Gasteiger partial charge in [-0.25, -0.2) is 4.98 Å².